The zero-order valence-corrected chi connectivity index (χ0v) is 17.5. The van der Waals surface area contributed by atoms with Crippen LogP contribution in [0.3, 0.4) is 0 Å². The Balaban J connectivity index is 1.98. The fourth-order valence-electron chi connectivity index (χ4n) is 3.77. The molecule has 2 aromatic carbocycles. The highest BCUT2D eigenvalue weighted by atomic mass is 16.4. The predicted molar refractivity (Wildman–Crippen MR) is 116 cm³/mol. The SMILES string of the molecule is CCCc1c(C)n(C(=O)CC)c(=O)n1Cc1ccc(-c2ccccc2C(=O)O)cc1. The zero-order chi connectivity index (χ0) is 21.8. The lowest BCUT2D eigenvalue weighted by atomic mass is 9.99. The smallest absolute Gasteiger partial charge is 0.336 e. The molecule has 0 radical (unpaired) electrons. The molecule has 0 aliphatic heterocycles. The van der Waals surface area contributed by atoms with Gasteiger partial charge in [0.25, 0.3) is 0 Å². The van der Waals surface area contributed by atoms with Crippen molar-refractivity contribution in [3.63, 3.8) is 0 Å². The first-order chi connectivity index (χ1) is 14.4. The molecule has 1 N–H and O–H groups in total. The number of carboxylic acid groups (broad SMARTS) is 1. The Hall–Kier alpha value is -3.41. The van der Waals surface area contributed by atoms with E-state index in [2.05, 4.69) is 0 Å². The van der Waals surface area contributed by atoms with Crippen LogP contribution in [0.25, 0.3) is 11.1 Å². The van der Waals surface area contributed by atoms with Gasteiger partial charge in [-0.15, -0.1) is 0 Å². The van der Waals surface area contributed by atoms with Crippen LogP contribution in [0.1, 0.15) is 58.8 Å². The highest BCUT2D eigenvalue weighted by molar-refractivity contribution is 5.96. The van der Waals surface area contributed by atoms with Gasteiger partial charge in [-0.1, -0.05) is 62.7 Å². The van der Waals surface area contributed by atoms with Crippen LogP contribution in [0.5, 0.6) is 0 Å². The molecule has 0 fully saturated rings. The molecule has 0 amide bonds. The van der Waals surface area contributed by atoms with Gasteiger partial charge >= 0.3 is 11.7 Å². The van der Waals surface area contributed by atoms with E-state index in [0.29, 0.717) is 17.8 Å². The Bertz CT molecular complexity index is 1140. The summed E-state index contributed by atoms with van der Waals surface area (Å²) in [4.78, 5) is 36.7. The maximum atomic E-state index is 12.9. The molecule has 156 valence electrons. The molecule has 3 aromatic rings. The van der Waals surface area contributed by atoms with Crippen molar-refractivity contribution in [2.75, 3.05) is 0 Å². The fourth-order valence-corrected chi connectivity index (χ4v) is 3.77. The van der Waals surface area contributed by atoms with Gasteiger partial charge in [0.15, 0.2) is 0 Å². The minimum atomic E-state index is -0.970. The summed E-state index contributed by atoms with van der Waals surface area (Å²) in [7, 11) is 0. The van der Waals surface area contributed by atoms with Crippen LogP contribution in [0.15, 0.2) is 53.3 Å². The summed E-state index contributed by atoms with van der Waals surface area (Å²) < 4.78 is 2.95. The molecule has 3 rings (SSSR count). The number of rotatable bonds is 7. The van der Waals surface area contributed by atoms with Gasteiger partial charge in [-0.2, -0.15) is 0 Å². The second-order valence-corrected chi connectivity index (χ2v) is 7.28. The minimum absolute atomic E-state index is 0.200. The predicted octanol–water partition coefficient (Wildman–Crippen LogP) is 4.37. The average molecular weight is 406 g/mol. The van der Waals surface area contributed by atoms with Crippen molar-refractivity contribution in [3.8, 4) is 11.1 Å². The van der Waals surface area contributed by atoms with Crippen molar-refractivity contribution < 1.29 is 14.7 Å². The van der Waals surface area contributed by atoms with E-state index >= 15 is 0 Å². The van der Waals surface area contributed by atoms with E-state index in [-0.39, 0.29) is 23.6 Å². The van der Waals surface area contributed by atoms with E-state index in [9.17, 15) is 19.5 Å². The third-order valence-electron chi connectivity index (χ3n) is 5.30. The maximum Gasteiger partial charge on any atom is 0.336 e. The lowest BCUT2D eigenvalue weighted by Gasteiger charge is -2.10. The summed E-state index contributed by atoms with van der Waals surface area (Å²) in [6.07, 6.45) is 1.86. The van der Waals surface area contributed by atoms with Gasteiger partial charge in [0.2, 0.25) is 5.91 Å². The van der Waals surface area contributed by atoms with Gasteiger partial charge in [0, 0.05) is 17.8 Å². The molecular formula is C24H26N2O4. The van der Waals surface area contributed by atoms with Crippen LogP contribution >= 0.6 is 0 Å². The molecular weight excluding hydrogens is 380 g/mol. The number of benzene rings is 2. The third-order valence-corrected chi connectivity index (χ3v) is 5.30. The third kappa shape index (κ3) is 3.99. The Morgan fingerprint density at radius 3 is 2.27 bits per heavy atom. The second-order valence-electron chi connectivity index (χ2n) is 7.28. The summed E-state index contributed by atoms with van der Waals surface area (Å²) in [5, 5.41) is 9.41. The number of carboxylic acids is 1. The Morgan fingerprint density at radius 2 is 1.67 bits per heavy atom. The minimum Gasteiger partial charge on any atom is -0.478 e. The topological polar surface area (TPSA) is 81.3 Å². The summed E-state index contributed by atoms with van der Waals surface area (Å²) in [6, 6.07) is 14.4. The molecule has 6 nitrogen and oxygen atoms in total. The molecule has 1 heterocycles. The maximum absolute atomic E-state index is 12.9. The summed E-state index contributed by atoms with van der Waals surface area (Å²) in [5.41, 5.74) is 3.89. The van der Waals surface area contributed by atoms with Gasteiger partial charge in [0.05, 0.1) is 12.1 Å². The monoisotopic (exact) mass is 406 g/mol. The fraction of sp³-hybridized carbons (Fsp3) is 0.292. The van der Waals surface area contributed by atoms with E-state index in [1.54, 1.807) is 29.7 Å². The van der Waals surface area contributed by atoms with E-state index in [4.69, 9.17) is 0 Å². The van der Waals surface area contributed by atoms with Crippen LogP contribution in [-0.2, 0) is 13.0 Å². The first kappa shape index (κ1) is 21.3. The van der Waals surface area contributed by atoms with Crippen LogP contribution in [-0.4, -0.2) is 26.1 Å². The molecule has 0 saturated heterocycles. The number of aromatic carboxylic acids is 1. The largest absolute Gasteiger partial charge is 0.478 e. The molecule has 1 aromatic heterocycles. The molecule has 0 atom stereocenters. The van der Waals surface area contributed by atoms with Gasteiger partial charge in [0.1, 0.15) is 0 Å². The van der Waals surface area contributed by atoms with Crippen molar-refractivity contribution in [3.05, 3.63) is 81.5 Å². The number of nitrogens with zero attached hydrogens (tertiary/aromatic N) is 2. The van der Waals surface area contributed by atoms with Crippen molar-refractivity contribution >= 4 is 11.9 Å². The molecule has 0 bridgehead atoms. The summed E-state index contributed by atoms with van der Waals surface area (Å²) in [6.45, 7) is 5.98. The van der Waals surface area contributed by atoms with E-state index in [0.717, 1.165) is 29.7 Å². The first-order valence-electron chi connectivity index (χ1n) is 10.1. The Labute approximate surface area is 175 Å². The quantitative estimate of drug-likeness (QED) is 0.632. The van der Waals surface area contributed by atoms with Gasteiger partial charge in [-0.3, -0.25) is 9.36 Å². The number of carbonyl (C=O) groups is 2. The van der Waals surface area contributed by atoms with Crippen molar-refractivity contribution in [1.29, 1.82) is 0 Å². The average Bonchev–Trinajstić information content (AvgIpc) is 2.98. The van der Waals surface area contributed by atoms with E-state index in [1.165, 1.54) is 4.57 Å². The molecule has 0 spiro atoms. The Kier molecular flexibility index (Phi) is 6.35. The summed E-state index contributed by atoms with van der Waals surface area (Å²) >= 11 is 0. The molecule has 0 saturated carbocycles. The molecule has 0 unspecified atom stereocenters. The first-order valence-corrected chi connectivity index (χ1v) is 10.1. The van der Waals surface area contributed by atoms with Gasteiger partial charge in [-0.25, -0.2) is 14.2 Å². The molecule has 30 heavy (non-hydrogen) atoms. The van der Waals surface area contributed by atoms with Crippen LogP contribution in [0, 0.1) is 6.92 Å². The van der Waals surface area contributed by atoms with Crippen LogP contribution < -0.4 is 5.69 Å². The second kappa shape index (κ2) is 8.95. The number of aromatic nitrogens is 2. The molecule has 6 heteroatoms. The molecule has 0 aliphatic rings. The van der Waals surface area contributed by atoms with Crippen molar-refractivity contribution in [2.24, 2.45) is 0 Å². The number of imidazole rings is 1. The zero-order valence-electron chi connectivity index (χ0n) is 17.5. The Morgan fingerprint density at radius 1 is 1.00 bits per heavy atom. The van der Waals surface area contributed by atoms with E-state index < -0.39 is 5.97 Å². The van der Waals surface area contributed by atoms with Crippen molar-refractivity contribution in [1.82, 2.24) is 9.13 Å². The number of hydrogen-bond donors (Lipinski definition) is 1. The van der Waals surface area contributed by atoms with Gasteiger partial charge in [-0.05, 0) is 36.1 Å². The molecule has 0 aliphatic carbocycles. The standard InChI is InChI=1S/C24H26N2O4/c1-4-8-21-16(3)26(22(27)5-2)24(30)25(21)15-17-11-13-18(14-12-17)19-9-6-7-10-20(19)23(28)29/h6-7,9-14H,4-5,8,15H2,1-3H3,(H,28,29). The normalized spacial score (nSPS) is 10.9. The van der Waals surface area contributed by atoms with E-state index in [1.807, 2.05) is 44.2 Å². The highest BCUT2D eigenvalue weighted by Crippen LogP contribution is 2.24. The number of hydrogen-bond acceptors (Lipinski definition) is 3. The number of carbonyl (C=O) groups excluding carboxylic acids is 1. The lowest BCUT2D eigenvalue weighted by molar-refractivity contribution is 0.0697. The lowest BCUT2D eigenvalue weighted by Crippen LogP contribution is -2.29. The highest BCUT2D eigenvalue weighted by Gasteiger charge is 2.20. The van der Waals surface area contributed by atoms with Gasteiger partial charge < -0.3 is 5.11 Å². The summed E-state index contributed by atoms with van der Waals surface area (Å²) in [5.74, 6) is -1.17. The van der Waals surface area contributed by atoms with Crippen molar-refractivity contribution in [2.45, 2.75) is 46.6 Å². The van der Waals surface area contributed by atoms with Crippen LogP contribution in [0.2, 0.25) is 0 Å². The van der Waals surface area contributed by atoms with Crippen LogP contribution in [0.4, 0.5) is 0 Å².